The lowest BCUT2D eigenvalue weighted by Gasteiger charge is -2.23. The van der Waals surface area contributed by atoms with Crippen LogP contribution in [0.3, 0.4) is 0 Å². The Bertz CT molecular complexity index is 342. The molecule has 0 spiro atoms. The molecule has 4 heteroatoms. The minimum atomic E-state index is 0.281. The second kappa shape index (κ2) is 5.63. The van der Waals surface area contributed by atoms with Crippen molar-refractivity contribution < 1.29 is 4.52 Å². The van der Waals surface area contributed by atoms with Crippen molar-refractivity contribution in [2.24, 2.45) is 11.7 Å². The van der Waals surface area contributed by atoms with E-state index in [1.165, 1.54) is 25.7 Å². The Labute approximate surface area is 103 Å². The summed E-state index contributed by atoms with van der Waals surface area (Å²) in [5, 5.41) is 4.14. The van der Waals surface area contributed by atoms with E-state index in [0.717, 1.165) is 24.1 Å². The van der Waals surface area contributed by atoms with Gasteiger partial charge in [0.15, 0.2) is 5.82 Å². The molecule has 1 aromatic heterocycles. The molecule has 1 saturated carbocycles. The smallest absolute Gasteiger partial charge is 0.229 e. The van der Waals surface area contributed by atoms with Crippen LogP contribution in [0.4, 0.5) is 0 Å². The topological polar surface area (TPSA) is 64.9 Å². The zero-order chi connectivity index (χ0) is 12.3. The van der Waals surface area contributed by atoms with Gasteiger partial charge >= 0.3 is 0 Å². The van der Waals surface area contributed by atoms with Gasteiger partial charge in [-0.1, -0.05) is 31.8 Å². The molecule has 1 aliphatic carbocycles. The van der Waals surface area contributed by atoms with Gasteiger partial charge in [0.25, 0.3) is 0 Å². The second-order valence-corrected chi connectivity index (χ2v) is 5.43. The van der Waals surface area contributed by atoms with Crippen LogP contribution in [0.15, 0.2) is 4.52 Å². The summed E-state index contributed by atoms with van der Waals surface area (Å²) in [7, 11) is 0. The molecule has 1 unspecified atom stereocenters. The average Bonchev–Trinajstić information content (AvgIpc) is 2.80. The van der Waals surface area contributed by atoms with Crippen molar-refractivity contribution in [2.75, 3.05) is 6.54 Å². The lowest BCUT2D eigenvalue weighted by molar-refractivity contribution is 0.319. The molecule has 0 radical (unpaired) electrons. The highest BCUT2D eigenvalue weighted by atomic mass is 16.5. The SMILES string of the molecule is CC1CCC(c2noc(C(C)CCN)n2)CC1. The molecule has 1 aromatic rings. The van der Waals surface area contributed by atoms with Crippen LogP contribution in [0.2, 0.25) is 0 Å². The molecule has 4 nitrogen and oxygen atoms in total. The first-order chi connectivity index (χ1) is 8.20. The zero-order valence-corrected chi connectivity index (χ0v) is 10.9. The largest absolute Gasteiger partial charge is 0.339 e. The Hall–Kier alpha value is -0.900. The van der Waals surface area contributed by atoms with E-state index in [1.807, 2.05) is 0 Å². The van der Waals surface area contributed by atoms with Crippen LogP contribution in [0.1, 0.15) is 69.5 Å². The maximum Gasteiger partial charge on any atom is 0.229 e. The Morgan fingerprint density at radius 3 is 2.71 bits per heavy atom. The van der Waals surface area contributed by atoms with Crippen LogP contribution >= 0.6 is 0 Å². The quantitative estimate of drug-likeness (QED) is 0.874. The highest BCUT2D eigenvalue weighted by Gasteiger charge is 2.24. The monoisotopic (exact) mass is 237 g/mol. The van der Waals surface area contributed by atoms with E-state index in [1.54, 1.807) is 0 Å². The molecule has 96 valence electrons. The van der Waals surface area contributed by atoms with E-state index in [4.69, 9.17) is 10.3 Å². The molecule has 2 N–H and O–H groups in total. The number of hydrogen-bond acceptors (Lipinski definition) is 4. The third kappa shape index (κ3) is 3.06. The Morgan fingerprint density at radius 1 is 1.35 bits per heavy atom. The van der Waals surface area contributed by atoms with Crippen LogP contribution in [-0.4, -0.2) is 16.7 Å². The summed E-state index contributed by atoms with van der Waals surface area (Å²) < 4.78 is 5.34. The summed E-state index contributed by atoms with van der Waals surface area (Å²) in [6, 6.07) is 0. The van der Waals surface area contributed by atoms with Crippen LogP contribution in [0.5, 0.6) is 0 Å². The molecule has 1 atom stereocenters. The van der Waals surface area contributed by atoms with E-state index < -0.39 is 0 Å². The molecule has 0 aliphatic heterocycles. The molecule has 1 fully saturated rings. The first-order valence-corrected chi connectivity index (χ1v) is 6.74. The average molecular weight is 237 g/mol. The number of nitrogens with two attached hydrogens (primary N) is 1. The first kappa shape index (κ1) is 12.6. The minimum Gasteiger partial charge on any atom is -0.339 e. The third-order valence-corrected chi connectivity index (χ3v) is 3.86. The van der Waals surface area contributed by atoms with Crippen molar-refractivity contribution in [3.05, 3.63) is 11.7 Å². The van der Waals surface area contributed by atoms with Crippen molar-refractivity contribution in [3.63, 3.8) is 0 Å². The Balaban J connectivity index is 1.98. The summed E-state index contributed by atoms with van der Waals surface area (Å²) in [4.78, 5) is 4.54. The van der Waals surface area contributed by atoms with Gasteiger partial charge < -0.3 is 10.3 Å². The second-order valence-electron chi connectivity index (χ2n) is 5.43. The fraction of sp³-hybridized carbons (Fsp3) is 0.846. The van der Waals surface area contributed by atoms with Gasteiger partial charge in [-0.05, 0) is 31.7 Å². The van der Waals surface area contributed by atoms with Crippen molar-refractivity contribution in [1.82, 2.24) is 10.1 Å². The van der Waals surface area contributed by atoms with E-state index in [9.17, 15) is 0 Å². The molecule has 0 bridgehead atoms. The molecule has 0 amide bonds. The van der Waals surface area contributed by atoms with E-state index in [-0.39, 0.29) is 5.92 Å². The molecular weight excluding hydrogens is 214 g/mol. The van der Waals surface area contributed by atoms with Crippen molar-refractivity contribution in [3.8, 4) is 0 Å². The molecular formula is C13H23N3O. The fourth-order valence-electron chi connectivity index (χ4n) is 2.50. The lowest BCUT2D eigenvalue weighted by Crippen LogP contribution is -2.12. The number of rotatable bonds is 4. The summed E-state index contributed by atoms with van der Waals surface area (Å²) in [5.41, 5.74) is 5.54. The third-order valence-electron chi connectivity index (χ3n) is 3.86. The van der Waals surface area contributed by atoms with Crippen LogP contribution in [-0.2, 0) is 0 Å². The van der Waals surface area contributed by atoms with Crippen molar-refractivity contribution >= 4 is 0 Å². The lowest BCUT2D eigenvalue weighted by atomic mass is 9.83. The molecule has 1 heterocycles. The van der Waals surface area contributed by atoms with Crippen molar-refractivity contribution in [2.45, 2.75) is 57.8 Å². The first-order valence-electron chi connectivity index (χ1n) is 6.74. The predicted molar refractivity (Wildman–Crippen MR) is 66.8 cm³/mol. The summed E-state index contributed by atoms with van der Waals surface area (Å²) in [5.74, 6) is 3.31. The fourth-order valence-corrected chi connectivity index (χ4v) is 2.50. The van der Waals surface area contributed by atoms with Crippen LogP contribution in [0, 0.1) is 5.92 Å². The normalized spacial score (nSPS) is 27.0. The van der Waals surface area contributed by atoms with E-state index in [0.29, 0.717) is 12.5 Å². The summed E-state index contributed by atoms with van der Waals surface area (Å²) in [6.07, 6.45) is 5.87. The molecule has 17 heavy (non-hydrogen) atoms. The number of nitrogens with zero attached hydrogens (tertiary/aromatic N) is 2. The van der Waals surface area contributed by atoms with Gasteiger partial charge in [0.2, 0.25) is 5.89 Å². The molecule has 0 saturated heterocycles. The maximum atomic E-state index is 5.54. The molecule has 1 aliphatic rings. The number of hydrogen-bond donors (Lipinski definition) is 1. The highest BCUT2D eigenvalue weighted by Crippen LogP contribution is 2.34. The van der Waals surface area contributed by atoms with Gasteiger partial charge in [0.05, 0.1) is 0 Å². The van der Waals surface area contributed by atoms with E-state index in [2.05, 4.69) is 24.0 Å². The predicted octanol–water partition coefficient (Wildman–Crippen LogP) is 2.82. The Morgan fingerprint density at radius 2 is 2.06 bits per heavy atom. The number of aromatic nitrogens is 2. The maximum absolute atomic E-state index is 5.54. The van der Waals surface area contributed by atoms with Gasteiger partial charge in [0.1, 0.15) is 0 Å². The highest BCUT2D eigenvalue weighted by molar-refractivity contribution is 4.99. The van der Waals surface area contributed by atoms with Crippen LogP contribution in [0.25, 0.3) is 0 Å². The van der Waals surface area contributed by atoms with Gasteiger partial charge in [-0.3, -0.25) is 0 Å². The zero-order valence-electron chi connectivity index (χ0n) is 10.9. The van der Waals surface area contributed by atoms with Gasteiger partial charge in [-0.2, -0.15) is 4.98 Å². The van der Waals surface area contributed by atoms with Crippen molar-refractivity contribution in [1.29, 1.82) is 0 Å². The van der Waals surface area contributed by atoms with Gasteiger partial charge in [-0.25, -0.2) is 0 Å². The summed E-state index contributed by atoms with van der Waals surface area (Å²) in [6.45, 7) is 5.08. The molecule has 0 aromatic carbocycles. The van der Waals surface area contributed by atoms with Gasteiger partial charge in [0, 0.05) is 11.8 Å². The van der Waals surface area contributed by atoms with Crippen LogP contribution < -0.4 is 5.73 Å². The standard InChI is InChI=1S/C13H23N3O/c1-9-3-5-11(6-4-9)12-15-13(17-16-12)10(2)7-8-14/h9-11H,3-8,14H2,1-2H3. The van der Waals surface area contributed by atoms with Gasteiger partial charge in [-0.15, -0.1) is 0 Å². The Kier molecular flexibility index (Phi) is 4.15. The molecule has 2 rings (SSSR count). The summed E-state index contributed by atoms with van der Waals surface area (Å²) >= 11 is 0. The van der Waals surface area contributed by atoms with E-state index >= 15 is 0 Å². The minimum absolute atomic E-state index is 0.281.